The summed E-state index contributed by atoms with van der Waals surface area (Å²) in [5, 5.41) is 13.3. The van der Waals surface area contributed by atoms with E-state index in [2.05, 4.69) is 11.4 Å². The molecule has 2 aromatic carbocycles. The minimum absolute atomic E-state index is 0.0148. The lowest BCUT2D eigenvalue weighted by Gasteiger charge is -2.26. The zero-order chi connectivity index (χ0) is 23.0. The van der Waals surface area contributed by atoms with Crippen molar-refractivity contribution in [2.75, 3.05) is 0 Å². The van der Waals surface area contributed by atoms with Gasteiger partial charge in [0, 0.05) is 35.1 Å². The Morgan fingerprint density at radius 3 is 2.69 bits per heavy atom. The average molecular weight is 439 g/mol. The van der Waals surface area contributed by atoms with E-state index in [4.69, 9.17) is 0 Å². The number of nitriles is 1. The molecular weight excluding hydrogens is 415 g/mol. The Labute approximate surface area is 184 Å². The fraction of sp³-hybridized carbons (Fsp3) is 0.360. The molecule has 1 aliphatic rings. The number of rotatable bonds is 4. The van der Waals surface area contributed by atoms with Crippen LogP contribution in [0.2, 0.25) is 0 Å². The van der Waals surface area contributed by atoms with Crippen LogP contribution in [-0.2, 0) is 30.4 Å². The van der Waals surface area contributed by atoms with E-state index in [0.29, 0.717) is 24.8 Å². The van der Waals surface area contributed by atoms with Gasteiger partial charge in [0.25, 0.3) is 0 Å². The van der Waals surface area contributed by atoms with Gasteiger partial charge in [-0.3, -0.25) is 4.79 Å². The molecule has 0 fully saturated rings. The zero-order valence-corrected chi connectivity index (χ0v) is 18.0. The fourth-order valence-corrected chi connectivity index (χ4v) is 4.50. The number of hydrogen-bond donors (Lipinski definition) is 1. The molecule has 1 heterocycles. The summed E-state index contributed by atoms with van der Waals surface area (Å²) in [7, 11) is 0. The van der Waals surface area contributed by atoms with Crippen molar-refractivity contribution in [3.05, 3.63) is 70.4 Å². The van der Waals surface area contributed by atoms with E-state index >= 15 is 0 Å². The first kappa shape index (κ1) is 21.9. The third kappa shape index (κ3) is 4.10. The van der Waals surface area contributed by atoms with Crippen LogP contribution in [0, 0.1) is 17.2 Å². The Bertz CT molecular complexity index is 1220. The first-order valence-electron chi connectivity index (χ1n) is 10.7. The fourth-order valence-electron chi connectivity index (χ4n) is 4.50. The van der Waals surface area contributed by atoms with Crippen LogP contribution < -0.4 is 5.32 Å². The first-order chi connectivity index (χ1) is 15.2. The summed E-state index contributed by atoms with van der Waals surface area (Å²) >= 11 is 0. The highest BCUT2D eigenvalue weighted by atomic mass is 19.4. The van der Waals surface area contributed by atoms with Crippen LogP contribution in [0.1, 0.15) is 48.2 Å². The van der Waals surface area contributed by atoms with Crippen molar-refractivity contribution in [2.45, 2.75) is 51.9 Å². The number of carbonyl (C=O) groups is 1. The van der Waals surface area contributed by atoms with Gasteiger partial charge in [0.15, 0.2) is 0 Å². The molecule has 0 saturated heterocycles. The number of halogens is 3. The minimum atomic E-state index is -4.43. The van der Waals surface area contributed by atoms with Crippen LogP contribution in [0.25, 0.3) is 10.9 Å². The minimum Gasteiger partial charge on any atom is -0.353 e. The predicted octanol–water partition coefficient (Wildman–Crippen LogP) is 5.21. The van der Waals surface area contributed by atoms with Gasteiger partial charge < -0.3 is 9.88 Å². The maximum Gasteiger partial charge on any atom is 0.416 e. The topological polar surface area (TPSA) is 57.8 Å². The lowest BCUT2D eigenvalue weighted by Crippen LogP contribution is -2.41. The normalized spacial score (nSPS) is 16.1. The van der Waals surface area contributed by atoms with Crippen LogP contribution in [0.4, 0.5) is 13.2 Å². The lowest BCUT2D eigenvalue weighted by molar-refractivity contribution is -0.138. The number of benzene rings is 2. The predicted molar refractivity (Wildman–Crippen MR) is 116 cm³/mol. The van der Waals surface area contributed by atoms with E-state index in [1.165, 1.54) is 12.1 Å². The van der Waals surface area contributed by atoms with Gasteiger partial charge >= 0.3 is 6.18 Å². The molecule has 4 rings (SSSR count). The maximum absolute atomic E-state index is 13.6. The van der Waals surface area contributed by atoms with Crippen LogP contribution in [0.5, 0.6) is 0 Å². The molecule has 0 radical (unpaired) electrons. The Morgan fingerprint density at radius 1 is 1.25 bits per heavy atom. The second-order valence-electron chi connectivity index (χ2n) is 8.61. The third-order valence-electron chi connectivity index (χ3n) is 6.12. The molecule has 1 aromatic heterocycles. The van der Waals surface area contributed by atoms with E-state index in [9.17, 15) is 23.2 Å². The van der Waals surface area contributed by atoms with Crippen LogP contribution in [-0.4, -0.2) is 16.5 Å². The Hall–Kier alpha value is -3.27. The van der Waals surface area contributed by atoms with Crippen molar-refractivity contribution >= 4 is 16.8 Å². The Morgan fingerprint density at radius 2 is 2.00 bits per heavy atom. The van der Waals surface area contributed by atoms with E-state index in [1.54, 1.807) is 18.2 Å². The molecule has 0 saturated carbocycles. The monoisotopic (exact) mass is 439 g/mol. The second kappa shape index (κ2) is 8.34. The summed E-state index contributed by atoms with van der Waals surface area (Å²) in [5.41, 5.74) is 2.86. The van der Waals surface area contributed by atoms with Crippen LogP contribution in [0.3, 0.4) is 0 Å². The third-order valence-corrected chi connectivity index (χ3v) is 6.12. The van der Waals surface area contributed by atoms with Crippen molar-refractivity contribution < 1.29 is 18.0 Å². The molecule has 166 valence electrons. The zero-order valence-electron chi connectivity index (χ0n) is 18.0. The van der Waals surface area contributed by atoms with Gasteiger partial charge in [-0.1, -0.05) is 32.0 Å². The van der Waals surface area contributed by atoms with Crippen molar-refractivity contribution in [1.82, 2.24) is 9.88 Å². The van der Waals surface area contributed by atoms with Gasteiger partial charge in [-0.05, 0) is 54.7 Å². The highest BCUT2D eigenvalue weighted by Crippen LogP contribution is 2.36. The molecule has 1 unspecified atom stereocenters. The number of nitrogens with zero attached hydrogens (tertiary/aromatic N) is 2. The van der Waals surface area contributed by atoms with Crippen molar-refractivity contribution in [2.24, 2.45) is 5.92 Å². The highest BCUT2D eigenvalue weighted by Gasteiger charge is 2.34. The molecule has 3 aromatic rings. The molecule has 1 N–H and O–H groups in total. The summed E-state index contributed by atoms with van der Waals surface area (Å²) < 4.78 is 42.7. The molecule has 32 heavy (non-hydrogen) atoms. The Kier molecular flexibility index (Phi) is 5.72. The van der Waals surface area contributed by atoms with E-state index in [-0.39, 0.29) is 30.0 Å². The van der Waals surface area contributed by atoms with Gasteiger partial charge in [0.2, 0.25) is 5.91 Å². The highest BCUT2D eigenvalue weighted by molar-refractivity contribution is 5.87. The number of amides is 1. The average Bonchev–Trinajstić information content (AvgIpc) is 3.05. The quantitative estimate of drug-likeness (QED) is 0.607. The summed E-state index contributed by atoms with van der Waals surface area (Å²) in [4.78, 5) is 12.2. The summed E-state index contributed by atoms with van der Waals surface area (Å²) in [6.07, 6.45) is -2.48. The van der Waals surface area contributed by atoms with E-state index < -0.39 is 11.7 Å². The molecule has 4 nitrogen and oxygen atoms in total. The van der Waals surface area contributed by atoms with E-state index in [0.717, 1.165) is 28.2 Å². The van der Waals surface area contributed by atoms with E-state index in [1.807, 2.05) is 24.5 Å². The number of aromatic nitrogens is 1. The Balaban J connectivity index is 1.79. The molecule has 7 heteroatoms. The van der Waals surface area contributed by atoms with Crippen LogP contribution >= 0.6 is 0 Å². The molecule has 1 amide bonds. The maximum atomic E-state index is 13.6. The molecule has 0 spiro atoms. The molecule has 0 aliphatic heterocycles. The molecule has 1 aliphatic carbocycles. The number of fused-ring (bicyclic) bond motifs is 3. The largest absolute Gasteiger partial charge is 0.416 e. The van der Waals surface area contributed by atoms with Crippen molar-refractivity contribution in [3.63, 3.8) is 0 Å². The van der Waals surface area contributed by atoms with Crippen molar-refractivity contribution in [3.8, 4) is 6.07 Å². The van der Waals surface area contributed by atoms with Gasteiger partial charge in [0.05, 0.1) is 17.2 Å². The summed E-state index contributed by atoms with van der Waals surface area (Å²) in [5.74, 6) is -0.138. The first-order valence-corrected chi connectivity index (χ1v) is 10.7. The van der Waals surface area contributed by atoms with Crippen molar-refractivity contribution in [1.29, 1.82) is 5.26 Å². The SMILES string of the molecule is CC(C)C(=O)NC1CCc2c(c3cc(C#N)ccc3n2Cc2ccccc2C(F)(F)F)C1. The van der Waals surface area contributed by atoms with Gasteiger partial charge in [-0.25, -0.2) is 0 Å². The lowest BCUT2D eigenvalue weighted by atomic mass is 9.90. The smallest absolute Gasteiger partial charge is 0.353 e. The molecule has 1 atom stereocenters. The molecular formula is C25H24F3N3O. The summed E-state index contributed by atoms with van der Waals surface area (Å²) in [6.45, 7) is 3.77. The van der Waals surface area contributed by atoms with Gasteiger partial charge in [-0.15, -0.1) is 0 Å². The van der Waals surface area contributed by atoms with Gasteiger partial charge in [-0.2, -0.15) is 18.4 Å². The second-order valence-corrected chi connectivity index (χ2v) is 8.61. The standard InChI is InChI=1S/C25H24F3N3O/c1-15(2)24(32)30-18-8-10-23-20(12-18)19-11-16(13-29)7-9-22(19)31(23)14-17-5-3-4-6-21(17)25(26,27)28/h3-7,9,11,15,18H,8,10,12,14H2,1-2H3,(H,30,32). The number of hydrogen-bond acceptors (Lipinski definition) is 2. The number of carbonyl (C=O) groups excluding carboxylic acids is 1. The summed E-state index contributed by atoms with van der Waals surface area (Å²) in [6, 6.07) is 13.0. The van der Waals surface area contributed by atoms with Crippen LogP contribution in [0.15, 0.2) is 42.5 Å². The molecule has 0 bridgehead atoms. The van der Waals surface area contributed by atoms with Gasteiger partial charge in [0.1, 0.15) is 0 Å². The number of alkyl halides is 3. The number of nitrogens with one attached hydrogen (secondary N) is 1.